The summed E-state index contributed by atoms with van der Waals surface area (Å²) >= 11 is 0. The summed E-state index contributed by atoms with van der Waals surface area (Å²) in [7, 11) is -4.94. The van der Waals surface area contributed by atoms with E-state index in [-0.39, 0.29) is 10.6 Å². The predicted molar refractivity (Wildman–Crippen MR) is 142 cm³/mol. The first kappa shape index (κ1) is 34.9. The highest BCUT2D eigenvalue weighted by Crippen LogP contribution is 2.15. The average molecular weight is 567 g/mol. The molecular weight excluding hydrogens is 520 g/mol. The van der Waals surface area contributed by atoms with Gasteiger partial charge in [-0.25, -0.2) is 23.2 Å². The number of halogens is 1. The van der Waals surface area contributed by atoms with Crippen LogP contribution in [0.15, 0.2) is 48.7 Å². The molecule has 0 unspecified atom stereocenters. The van der Waals surface area contributed by atoms with Gasteiger partial charge in [0.15, 0.2) is 11.9 Å². The van der Waals surface area contributed by atoms with Crippen LogP contribution < -0.4 is 23.2 Å². The maximum atomic E-state index is 10.9. The predicted octanol–water partition coefficient (Wildman–Crippen LogP) is 3.98. The number of hydrogen-bond acceptors (Lipinski definition) is 6. The number of nitro groups is 1. The van der Waals surface area contributed by atoms with Gasteiger partial charge in [-0.2, -0.15) is 0 Å². The minimum absolute atomic E-state index is 0.151. The fourth-order valence-corrected chi connectivity index (χ4v) is 4.67. The van der Waals surface area contributed by atoms with Gasteiger partial charge in [0, 0.05) is 30.7 Å². The first-order chi connectivity index (χ1) is 18.7. The van der Waals surface area contributed by atoms with Crippen LogP contribution in [0, 0.1) is 20.4 Å². The van der Waals surface area contributed by atoms with Crippen LogP contribution in [-0.4, -0.2) is 4.92 Å². The van der Waals surface area contributed by atoms with E-state index in [4.69, 9.17) is 18.6 Å². The monoisotopic (exact) mass is 566 g/mol. The SMILES string of the molecule is CCCCCCCCCCCCCCCCCC[n+]1ccccc1Cc1ccc([N+](=O)[O-])cc1.[O-][Cl+3]([O-])([O-])[O-]. The molecule has 8 nitrogen and oxygen atoms in total. The van der Waals surface area contributed by atoms with Crippen molar-refractivity contribution in [3.63, 3.8) is 0 Å². The molecule has 220 valence electrons. The largest absolute Gasteiger partial charge is 0.269 e. The third kappa shape index (κ3) is 20.5. The lowest BCUT2D eigenvalue weighted by molar-refractivity contribution is -2.00. The molecule has 2 rings (SSSR count). The van der Waals surface area contributed by atoms with Crippen molar-refractivity contribution in [2.24, 2.45) is 0 Å². The van der Waals surface area contributed by atoms with Gasteiger partial charge in [-0.1, -0.05) is 115 Å². The Hall–Kier alpha value is -2.10. The second kappa shape index (κ2) is 21.7. The standard InChI is InChI=1S/C30H47N2O2.ClHO4/c1-2-3-4-5-6-7-8-9-10-11-12-13-14-15-16-18-25-31-26-19-17-20-30(31)27-28-21-23-29(24-22-28)32(33)34;2-1(3,4)5/h17,19-24,26H,2-16,18,25,27H2,1H3;(H,2,3,4,5)/q+1;/p-1. The summed E-state index contributed by atoms with van der Waals surface area (Å²) < 4.78 is 36.3. The molecule has 0 saturated heterocycles. The van der Waals surface area contributed by atoms with Crippen molar-refractivity contribution >= 4 is 5.69 Å². The van der Waals surface area contributed by atoms with Crippen LogP contribution >= 0.6 is 0 Å². The van der Waals surface area contributed by atoms with E-state index in [0.29, 0.717) is 0 Å². The minimum atomic E-state index is -4.94. The molecule has 0 radical (unpaired) electrons. The third-order valence-electron chi connectivity index (χ3n) is 6.82. The third-order valence-corrected chi connectivity index (χ3v) is 6.82. The number of aryl methyl sites for hydroxylation is 1. The molecule has 9 heteroatoms. The van der Waals surface area contributed by atoms with Crippen LogP contribution in [0.2, 0.25) is 0 Å². The second-order valence-corrected chi connectivity index (χ2v) is 10.9. The lowest BCUT2D eigenvalue weighted by Gasteiger charge is -2.17. The Morgan fingerprint density at radius 3 is 1.54 bits per heavy atom. The molecule has 0 saturated carbocycles. The topological polar surface area (TPSA) is 139 Å². The molecule has 0 aliphatic rings. The van der Waals surface area contributed by atoms with Gasteiger partial charge in [-0.05, 0) is 12.0 Å². The van der Waals surface area contributed by atoms with E-state index in [9.17, 15) is 10.1 Å². The summed E-state index contributed by atoms with van der Waals surface area (Å²) in [6, 6.07) is 13.2. The Morgan fingerprint density at radius 2 is 1.10 bits per heavy atom. The number of aromatic nitrogens is 1. The quantitative estimate of drug-likeness (QED) is 0.103. The number of unbranched alkanes of at least 4 members (excludes halogenated alkanes) is 15. The highest BCUT2D eigenvalue weighted by molar-refractivity contribution is 5.34. The van der Waals surface area contributed by atoms with Gasteiger partial charge in [0.25, 0.3) is 5.69 Å². The summed E-state index contributed by atoms with van der Waals surface area (Å²) in [6.07, 6.45) is 25.2. The highest BCUT2D eigenvalue weighted by Gasteiger charge is 2.11. The number of nitrogens with zero attached hydrogens (tertiary/aromatic N) is 2. The van der Waals surface area contributed by atoms with Crippen LogP contribution in [-0.2, 0) is 13.0 Å². The molecule has 0 spiro atoms. The molecular formula is C30H47ClN2O6. The van der Waals surface area contributed by atoms with Gasteiger partial charge < -0.3 is 0 Å². The van der Waals surface area contributed by atoms with Crippen molar-refractivity contribution in [1.29, 1.82) is 0 Å². The molecule has 39 heavy (non-hydrogen) atoms. The average Bonchev–Trinajstić information content (AvgIpc) is 2.88. The Morgan fingerprint density at radius 1 is 0.667 bits per heavy atom. The van der Waals surface area contributed by atoms with Gasteiger partial charge in [0.1, 0.15) is 6.54 Å². The van der Waals surface area contributed by atoms with Crippen molar-refractivity contribution in [2.45, 2.75) is 123 Å². The minimum Gasteiger partial charge on any atom is -0.258 e. The van der Waals surface area contributed by atoms with E-state index in [2.05, 4.69) is 35.9 Å². The molecule has 0 fully saturated rings. The summed E-state index contributed by atoms with van der Waals surface area (Å²) in [4.78, 5) is 10.5. The number of hydrogen-bond donors (Lipinski definition) is 0. The fourth-order valence-electron chi connectivity index (χ4n) is 4.67. The first-order valence-corrected chi connectivity index (χ1v) is 15.8. The van der Waals surface area contributed by atoms with Gasteiger partial charge in [-0.15, -0.1) is 10.2 Å². The Balaban J connectivity index is 0.00000139. The van der Waals surface area contributed by atoms with Crippen molar-refractivity contribution in [1.82, 2.24) is 0 Å². The van der Waals surface area contributed by atoms with E-state index in [0.717, 1.165) is 18.5 Å². The van der Waals surface area contributed by atoms with Crippen LogP contribution in [0.5, 0.6) is 0 Å². The van der Waals surface area contributed by atoms with Gasteiger partial charge >= 0.3 is 0 Å². The fraction of sp³-hybridized carbons (Fsp3) is 0.633. The van der Waals surface area contributed by atoms with Crippen LogP contribution in [0.1, 0.15) is 121 Å². The van der Waals surface area contributed by atoms with E-state index < -0.39 is 10.2 Å². The Bertz CT molecular complexity index is 884. The van der Waals surface area contributed by atoms with Gasteiger partial charge in [-0.3, -0.25) is 10.1 Å². The number of benzene rings is 1. The lowest BCUT2D eigenvalue weighted by Crippen LogP contribution is -2.68. The number of pyridine rings is 1. The van der Waals surface area contributed by atoms with E-state index in [1.54, 1.807) is 12.1 Å². The molecule has 1 aromatic heterocycles. The van der Waals surface area contributed by atoms with Crippen molar-refractivity contribution in [3.05, 3.63) is 70.0 Å². The van der Waals surface area contributed by atoms with Crippen LogP contribution in [0.25, 0.3) is 0 Å². The van der Waals surface area contributed by atoms with E-state index in [1.165, 1.54) is 108 Å². The maximum Gasteiger partial charge on any atom is 0.269 e. The molecule has 0 N–H and O–H groups in total. The van der Waals surface area contributed by atoms with E-state index in [1.807, 2.05) is 12.1 Å². The molecule has 1 heterocycles. The van der Waals surface area contributed by atoms with Crippen molar-refractivity contribution in [3.8, 4) is 0 Å². The van der Waals surface area contributed by atoms with Gasteiger partial charge in [0.2, 0.25) is 0 Å². The molecule has 0 aliphatic carbocycles. The summed E-state index contributed by atoms with van der Waals surface area (Å²) in [5.74, 6) is 0. The smallest absolute Gasteiger partial charge is 0.258 e. The maximum absolute atomic E-state index is 10.9. The summed E-state index contributed by atoms with van der Waals surface area (Å²) in [5.41, 5.74) is 2.52. The zero-order valence-electron chi connectivity index (χ0n) is 23.6. The van der Waals surface area contributed by atoms with Gasteiger partial charge in [0.05, 0.1) is 11.3 Å². The molecule has 0 bridgehead atoms. The van der Waals surface area contributed by atoms with Crippen LogP contribution in [0.4, 0.5) is 5.69 Å². The Kier molecular flexibility index (Phi) is 19.4. The molecule has 2 aromatic rings. The Labute approximate surface area is 236 Å². The second-order valence-electron chi connectivity index (χ2n) is 10.2. The number of nitro benzene ring substituents is 1. The zero-order valence-corrected chi connectivity index (χ0v) is 24.3. The van der Waals surface area contributed by atoms with Crippen molar-refractivity contribution < 1.29 is 38.4 Å². The van der Waals surface area contributed by atoms with E-state index >= 15 is 0 Å². The summed E-state index contributed by atoms with van der Waals surface area (Å²) in [5, 5.41) is 10.9. The highest BCUT2D eigenvalue weighted by atomic mass is 35.7. The summed E-state index contributed by atoms with van der Waals surface area (Å²) in [6.45, 7) is 3.33. The zero-order chi connectivity index (χ0) is 28.8. The van der Waals surface area contributed by atoms with Crippen molar-refractivity contribution in [2.75, 3.05) is 0 Å². The molecule has 1 aromatic carbocycles. The number of rotatable bonds is 20. The molecule has 0 amide bonds. The molecule has 0 atom stereocenters. The lowest BCUT2D eigenvalue weighted by atomic mass is 10.0. The van der Waals surface area contributed by atoms with Crippen LogP contribution in [0.3, 0.4) is 0 Å². The number of non-ortho nitro benzene ring substituents is 1. The molecule has 0 aliphatic heterocycles. The first-order valence-electron chi connectivity index (χ1n) is 14.5. The normalized spacial score (nSPS) is 11.2.